The summed E-state index contributed by atoms with van der Waals surface area (Å²) in [6.45, 7) is 0.576. The van der Waals surface area contributed by atoms with Crippen LogP contribution >= 0.6 is 0 Å². The average Bonchev–Trinajstić information content (AvgIpc) is 2.54. The molecule has 1 unspecified atom stereocenters. The van der Waals surface area contributed by atoms with Crippen LogP contribution in [0.4, 0.5) is 13.6 Å². The highest BCUT2D eigenvalue weighted by molar-refractivity contribution is 5.73. The van der Waals surface area contributed by atoms with Gasteiger partial charge in [0.05, 0.1) is 6.10 Å². The second kappa shape index (κ2) is 8.98. The molecule has 2 amide bonds. The van der Waals surface area contributed by atoms with Crippen LogP contribution in [-0.2, 0) is 6.42 Å². The van der Waals surface area contributed by atoms with Crippen LogP contribution in [0.25, 0.3) is 0 Å². The zero-order valence-corrected chi connectivity index (χ0v) is 13.1. The third-order valence-corrected chi connectivity index (χ3v) is 3.51. The van der Waals surface area contributed by atoms with Gasteiger partial charge in [0.25, 0.3) is 0 Å². The molecule has 2 aromatic rings. The standard InChI is InChI=1S/C18H20F2N2O2/c19-15-10-13(11-16(20)12-15)6-8-21-18(24)22-9-7-17(23)14-4-2-1-3-5-14/h1-5,10-12,17,23H,6-9H2,(H2,21,22,24). The van der Waals surface area contributed by atoms with E-state index in [0.717, 1.165) is 11.6 Å². The topological polar surface area (TPSA) is 61.4 Å². The minimum Gasteiger partial charge on any atom is -0.388 e. The van der Waals surface area contributed by atoms with Gasteiger partial charge in [-0.05, 0) is 36.1 Å². The molecule has 24 heavy (non-hydrogen) atoms. The fourth-order valence-electron chi connectivity index (χ4n) is 2.30. The SMILES string of the molecule is O=C(NCCc1cc(F)cc(F)c1)NCCC(O)c1ccccc1. The second-order valence-electron chi connectivity index (χ2n) is 5.43. The number of amides is 2. The Morgan fingerprint density at radius 3 is 2.29 bits per heavy atom. The Morgan fingerprint density at radius 1 is 1.00 bits per heavy atom. The quantitative estimate of drug-likeness (QED) is 0.729. The Hall–Kier alpha value is -2.47. The molecule has 0 aliphatic rings. The molecule has 6 heteroatoms. The van der Waals surface area contributed by atoms with E-state index in [2.05, 4.69) is 10.6 Å². The van der Waals surface area contributed by atoms with Gasteiger partial charge < -0.3 is 15.7 Å². The number of urea groups is 1. The maximum absolute atomic E-state index is 13.0. The minimum atomic E-state index is -0.637. The van der Waals surface area contributed by atoms with Crippen molar-refractivity contribution in [1.29, 1.82) is 0 Å². The largest absolute Gasteiger partial charge is 0.388 e. The van der Waals surface area contributed by atoms with Crippen LogP contribution in [-0.4, -0.2) is 24.2 Å². The van der Waals surface area contributed by atoms with Crippen LogP contribution in [0.2, 0.25) is 0 Å². The van der Waals surface area contributed by atoms with Crippen molar-refractivity contribution in [3.05, 3.63) is 71.3 Å². The van der Waals surface area contributed by atoms with E-state index in [0.29, 0.717) is 24.9 Å². The Labute approximate surface area is 139 Å². The van der Waals surface area contributed by atoms with Crippen molar-refractivity contribution in [1.82, 2.24) is 10.6 Å². The summed E-state index contributed by atoms with van der Waals surface area (Å²) in [7, 11) is 0. The van der Waals surface area contributed by atoms with Gasteiger partial charge in [0.2, 0.25) is 0 Å². The van der Waals surface area contributed by atoms with E-state index in [9.17, 15) is 18.7 Å². The molecule has 0 saturated carbocycles. The maximum Gasteiger partial charge on any atom is 0.314 e. The molecule has 0 aromatic heterocycles. The first-order chi connectivity index (χ1) is 11.5. The maximum atomic E-state index is 13.0. The number of rotatable bonds is 7. The summed E-state index contributed by atoms with van der Waals surface area (Å²) in [4.78, 5) is 11.6. The molecule has 0 radical (unpaired) electrons. The van der Waals surface area contributed by atoms with Gasteiger partial charge in [-0.1, -0.05) is 30.3 Å². The molecule has 1 atom stereocenters. The van der Waals surface area contributed by atoms with Crippen LogP contribution < -0.4 is 10.6 Å². The first kappa shape index (κ1) is 17.9. The number of carbonyl (C=O) groups is 1. The van der Waals surface area contributed by atoms with Gasteiger partial charge in [-0.15, -0.1) is 0 Å². The first-order valence-corrected chi connectivity index (χ1v) is 7.74. The lowest BCUT2D eigenvalue weighted by atomic mass is 10.1. The summed E-state index contributed by atoms with van der Waals surface area (Å²) in [5.41, 5.74) is 1.28. The number of nitrogens with one attached hydrogen (secondary N) is 2. The number of carbonyl (C=O) groups excluding carboxylic acids is 1. The zero-order chi connectivity index (χ0) is 17.4. The van der Waals surface area contributed by atoms with Gasteiger partial charge in [0.15, 0.2) is 0 Å². The van der Waals surface area contributed by atoms with Gasteiger partial charge in [-0.3, -0.25) is 0 Å². The van der Waals surface area contributed by atoms with E-state index in [-0.39, 0.29) is 12.6 Å². The van der Waals surface area contributed by atoms with Crippen LogP contribution in [0.15, 0.2) is 48.5 Å². The molecule has 0 spiro atoms. The lowest BCUT2D eigenvalue weighted by Crippen LogP contribution is -2.37. The molecule has 0 fully saturated rings. The summed E-state index contributed by atoms with van der Waals surface area (Å²) in [5.74, 6) is -1.27. The highest BCUT2D eigenvalue weighted by Gasteiger charge is 2.07. The second-order valence-corrected chi connectivity index (χ2v) is 5.43. The number of hydrogen-bond acceptors (Lipinski definition) is 2. The predicted octanol–water partition coefficient (Wildman–Crippen LogP) is 2.93. The molecule has 3 N–H and O–H groups in total. The monoisotopic (exact) mass is 334 g/mol. The Bertz CT molecular complexity index is 645. The minimum absolute atomic E-state index is 0.260. The Kier molecular flexibility index (Phi) is 6.69. The van der Waals surface area contributed by atoms with E-state index in [1.165, 1.54) is 12.1 Å². The normalized spacial score (nSPS) is 11.8. The number of hydrogen-bond donors (Lipinski definition) is 3. The molecule has 128 valence electrons. The molecular weight excluding hydrogens is 314 g/mol. The van der Waals surface area contributed by atoms with Crippen molar-refractivity contribution < 1.29 is 18.7 Å². The van der Waals surface area contributed by atoms with Gasteiger partial charge in [-0.2, -0.15) is 0 Å². The van der Waals surface area contributed by atoms with Gasteiger partial charge in [0, 0.05) is 19.2 Å². The van der Waals surface area contributed by atoms with Crippen molar-refractivity contribution in [2.24, 2.45) is 0 Å². The number of halogens is 2. The lowest BCUT2D eigenvalue weighted by Gasteiger charge is -2.12. The van der Waals surface area contributed by atoms with E-state index < -0.39 is 17.7 Å². The third-order valence-electron chi connectivity index (χ3n) is 3.51. The summed E-state index contributed by atoms with van der Waals surface area (Å²) in [6, 6.07) is 12.1. The number of aliphatic hydroxyl groups excluding tert-OH is 1. The van der Waals surface area contributed by atoms with Crippen molar-refractivity contribution >= 4 is 6.03 Å². The van der Waals surface area contributed by atoms with Crippen molar-refractivity contribution in [2.45, 2.75) is 18.9 Å². The van der Waals surface area contributed by atoms with Crippen LogP contribution in [0.3, 0.4) is 0 Å². The van der Waals surface area contributed by atoms with E-state index in [1.54, 1.807) is 0 Å². The summed E-state index contributed by atoms with van der Waals surface area (Å²) < 4.78 is 26.1. The summed E-state index contributed by atoms with van der Waals surface area (Å²) >= 11 is 0. The molecule has 0 aliphatic carbocycles. The van der Waals surface area contributed by atoms with Gasteiger partial charge in [0.1, 0.15) is 11.6 Å². The molecule has 2 rings (SSSR count). The molecule has 0 saturated heterocycles. The van der Waals surface area contributed by atoms with Crippen molar-refractivity contribution in [3.8, 4) is 0 Å². The van der Waals surface area contributed by atoms with Crippen molar-refractivity contribution in [3.63, 3.8) is 0 Å². The van der Waals surface area contributed by atoms with Gasteiger partial charge in [-0.25, -0.2) is 13.6 Å². The van der Waals surface area contributed by atoms with Crippen LogP contribution in [0.5, 0.6) is 0 Å². The predicted molar refractivity (Wildman–Crippen MR) is 87.5 cm³/mol. The summed E-state index contributed by atoms with van der Waals surface area (Å²) in [6.07, 6.45) is 0.0862. The lowest BCUT2D eigenvalue weighted by molar-refractivity contribution is 0.167. The van der Waals surface area contributed by atoms with Crippen molar-refractivity contribution in [2.75, 3.05) is 13.1 Å². The van der Waals surface area contributed by atoms with Crippen LogP contribution in [0, 0.1) is 11.6 Å². The van der Waals surface area contributed by atoms with Gasteiger partial charge >= 0.3 is 6.03 Å². The van der Waals surface area contributed by atoms with Crippen LogP contribution in [0.1, 0.15) is 23.7 Å². The fraction of sp³-hybridized carbons (Fsp3) is 0.278. The third kappa shape index (κ3) is 5.96. The molecule has 2 aromatic carbocycles. The molecule has 4 nitrogen and oxygen atoms in total. The zero-order valence-electron chi connectivity index (χ0n) is 13.1. The smallest absolute Gasteiger partial charge is 0.314 e. The molecule has 0 aliphatic heterocycles. The van der Waals surface area contributed by atoms with E-state index in [1.807, 2.05) is 30.3 Å². The molecule has 0 bridgehead atoms. The molecular formula is C18H20F2N2O2. The highest BCUT2D eigenvalue weighted by atomic mass is 19.1. The highest BCUT2D eigenvalue weighted by Crippen LogP contribution is 2.14. The molecule has 0 heterocycles. The fourth-order valence-corrected chi connectivity index (χ4v) is 2.30. The number of benzene rings is 2. The number of aliphatic hydroxyl groups is 1. The van der Waals surface area contributed by atoms with E-state index >= 15 is 0 Å². The Balaban J connectivity index is 1.65. The summed E-state index contributed by atoms with van der Waals surface area (Å²) in [5, 5.41) is 15.2. The van der Waals surface area contributed by atoms with E-state index in [4.69, 9.17) is 0 Å². The average molecular weight is 334 g/mol. The first-order valence-electron chi connectivity index (χ1n) is 7.74. The Morgan fingerprint density at radius 2 is 1.62 bits per heavy atom.